The maximum atomic E-state index is 12.1. The summed E-state index contributed by atoms with van der Waals surface area (Å²) in [6.07, 6.45) is 1.80. The van der Waals surface area contributed by atoms with Gasteiger partial charge in [0, 0.05) is 39.3 Å². The monoisotopic (exact) mass is 437 g/mol. The van der Waals surface area contributed by atoms with Gasteiger partial charge in [0.05, 0.1) is 6.04 Å². The van der Waals surface area contributed by atoms with Crippen LogP contribution < -0.4 is 16.0 Å². The Morgan fingerprint density at radius 2 is 2.03 bits per heavy atom. The van der Waals surface area contributed by atoms with Crippen LogP contribution in [0.4, 0.5) is 4.79 Å². The number of amides is 1. The molecule has 1 saturated heterocycles. The number of hydrogen-bond acceptors (Lipinski definition) is 5. The number of thiophene rings is 1. The predicted molar refractivity (Wildman–Crippen MR) is 125 cm³/mol. The number of aliphatic imine (C=N–C) groups is 1. The van der Waals surface area contributed by atoms with Crippen LogP contribution in [0.3, 0.4) is 0 Å². The van der Waals surface area contributed by atoms with Gasteiger partial charge in [0.2, 0.25) is 0 Å². The molecule has 1 aliphatic heterocycles. The van der Waals surface area contributed by atoms with Crippen LogP contribution in [-0.2, 0) is 11.3 Å². The van der Waals surface area contributed by atoms with Crippen LogP contribution >= 0.6 is 11.3 Å². The topological polar surface area (TPSA) is 78.0 Å². The number of carbonyl (C=O) groups excluding carboxylic acids is 1. The minimum Gasteiger partial charge on any atom is -0.444 e. The molecular weight excluding hydrogens is 398 g/mol. The Morgan fingerprint density at radius 3 is 2.57 bits per heavy atom. The van der Waals surface area contributed by atoms with Crippen LogP contribution in [-0.4, -0.2) is 61.3 Å². The molecule has 0 aromatic carbocycles. The predicted octanol–water partition coefficient (Wildman–Crippen LogP) is 3.43. The summed E-state index contributed by atoms with van der Waals surface area (Å²) in [7, 11) is 1.78. The van der Waals surface area contributed by atoms with Crippen LogP contribution in [0.1, 0.15) is 53.0 Å². The van der Waals surface area contributed by atoms with Gasteiger partial charge in [-0.15, -0.1) is 0 Å². The van der Waals surface area contributed by atoms with Gasteiger partial charge in [-0.1, -0.05) is 13.8 Å². The standard InChI is InChI=1S/C22H39N5O2S/c1-16(2)19(26-21(28)29-22(3,4)5)13-24-20(23-6)25-18-7-10-27(11-8-18)14-17-9-12-30-15-17/h9,12,15-16,18-19H,7-8,10-11,13-14H2,1-6H3,(H,26,28)(H2,23,24,25). The highest BCUT2D eigenvalue weighted by Gasteiger charge is 2.23. The number of ether oxygens (including phenoxy) is 1. The van der Waals surface area contributed by atoms with E-state index in [9.17, 15) is 4.79 Å². The van der Waals surface area contributed by atoms with Crippen LogP contribution in [0.2, 0.25) is 0 Å². The molecule has 1 amide bonds. The van der Waals surface area contributed by atoms with Gasteiger partial charge in [-0.2, -0.15) is 11.3 Å². The van der Waals surface area contributed by atoms with Crippen LogP contribution in [0.25, 0.3) is 0 Å². The van der Waals surface area contributed by atoms with E-state index in [2.05, 4.69) is 56.5 Å². The first-order valence-electron chi connectivity index (χ1n) is 10.9. The zero-order valence-electron chi connectivity index (χ0n) is 19.3. The normalized spacial score (nSPS) is 17.6. The lowest BCUT2D eigenvalue weighted by atomic mass is 10.0. The summed E-state index contributed by atoms with van der Waals surface area (Å²) in [5.74, 6) is 1.05. The fourth-order valence-electron chi connectivity index (χ4n) is 3.38. The molecule has 1 atom stereocenters. The molecule has 170 valence electrons. The highest BCUT2D eigenvalue weighted by Crippen LogP contribution is 2.15. The van der Waals surface area contributed by atoms with E-state index in [0.717, 1.165) is 38.4 Å². The number of rotatable bonds is 7. The van der Waals surface area contributed by atoms with Crippen LogP contribution in [0.5, 0.6) is 0 Å². The number of piperidine rings is 1. The number of hydrogen-bond donors (Lipinski definition) is 3. The Balaban J connectivity index is 1.75. The molecule has 7 nitrogen and oxygen atoms in total. The Morgan fingerprint density at radius 1 is 1.33 bits per heavy atom. The Bertz CT molecular complexity index is 662. The fourth-order valence-corrected chi connectivity index (χ4v) is 4.04. The Labute approximate surface area is 185 Å². The van der Waals surface area contributed by atoms with Crippen molar-refractivity contribution < 1.29 is 9.53 Å². The van der Waals surface area contributed by atoms with E-state index >= 15 is 0 Å². The summed E-state index contributed by atoms with van der Waals surface area (Å²) >= 11 is 1.76. The summed E-state index contributed by atoms with van der Waals surface area (Å²) in [5, 5.41) is 14.3. The summed E-state index contributed by atoms with van der Waals surface area (Å²) in [6, 6.07) is 2.56. The quantitative estimate of drug-likeness (QED) is 0.450. The Kier molecular flexibility index (Phi) is 9.42. The molecule has 8 heteroatoms. The third kappa shape index (κ3) is 8.92. The van der Waals surface area contributed by atoms with E-state index in [1.807, 2.05) is 20.8 Å². The fraction of sp³-hybridized carbons (Fsp3) is 0.727. The maximum absolute atomic E-state index is 12.1. The van der Waals surface area contributed by atoms with Gasteiger partial charge in [0.1, 0.15) is 5.60 Å². The molecule has 0 radical (unpaired) electrons. The van der Waals surface area contributed by atoms with E-state index in [-0.39, 0.29) is 18.1 Å². The summed E-state index contributed by atoms with van der Waals surface area (Å²) in [5.41, 5.74) is 0.899. The van der Waals surface area contributed by atoms with Crippen molar-refractivity contribution >= 4 is 23.4 Å². The number of nitrogens with one attached hydrogen (secondary N) is 3. The molecule has 0 spiro atoms. The van der Waals surface area contributed by atoms with Gasteiger partial charge in [0.25, 0.3) is 0 Å². The largest absolute Gasteiger partial charge is 0.444 e. The highest BCUT2D eigenvalue weighted by molar-refractivity contribution is 7.07. The number of nitrogens with zero attached hydrogens (tertiary/aromatic N) is 2. The van der Waals surface area contributed by atoms with E-state index in [1.54, 1.807) is 18.4 Å². The van der Waals surface area contributed by atoms with E-state index < -0.39 is 5.60 Å². The summed E-state index contributed by atoms with van der Waals surface area (Å²) in [6.45, 7) is 13.6. The molecule has 0 bridgehead atoms. The molecule has 1 aromatic rings. The van der Waals surface area contributed by atoms with Gasteiger partial charge in [0.15, 0.2) is 5.96 Å². The van der Waals surface area contributed by atoms with E-state index in [0.29, 0.717) is 12.6 Å². The lowest BCUT2D eigenvalue weighted by Gasteiger charge is -2.33. The molecule has 1 fully saturated rings. The minimum atomic E-state index is -0.505. The third-order valence-corrected chi connectivity index (χ3v) is 5.87. The average Bonchev–Trinajstić information content (AvgIpc) is 3.16. The number of likely N-dealkylation sites (tertiary alicyclic amines) is 1. The van der Waals surface area contributed by atoms with Crippen molar-refractivity contribution in [1.29, 1.82) is 0 Å². The first-order chi connectivity index (χ1) is 14.2. The lowest BCUT2D eigenvalue weighted by molar-refractivity contribution is 0.0491. The first-order valence-corrected chi connectivity index (χ1v) is 11.8. The van der Waals surface area contributed by atoms with Crippen molar-refractivity contribution in [3.8, 4) is 0 Å². The molecule has 3 N–H and O–H groups in total. The van der Waals surface area contributed by atoms with Crippen molar-refractivity contribution in [2.75, 3.05) is 26.7 Å². The molecular formula is C22H39N5O2S. The van der Waals surface area contributed by atoms with Crippen molar-refractivity contribution in [2.24, 2.45) is 10.9 Å². The molecule has 2 heterocycles. The van der Waals surface area contributed by atoms with Gasteiger partial charge in [-0.05, 0) is 61.9 Å². The maximum Gasteiger partial charge on any atom is 0.407 e. The van der Waals surface area contributed by atoms with Crippen molar-refractivity contribution in [1.82, 2.24) is 20.9 Å². The average molecular weight is 438 g/mol. The molecule has 30 heavy (non-hydrogen) atoms. The zero-order valence-corrected chi connectivity index (χ0v) is 20.1. The van der Waals surface area contributed by atoms with Gasteiger partial charge in [-0.25, -0.2) is 4.79 Å². The molecule has 1 unspecified atom stereocenters. The molecule has 0 aliphatic carbocycles. The van der Waals surface area contributed by atoms with Crippen molar-refractivity contribution in [2.45, 2.75) is 71.7 Å². The van der Waals surface area contributed by atoms with E-state index in [1.165, 1.54) is 5.56 Å². The smallest absolute Gasteiger partial charge is 0.407 e. The second-order valence-electron chi connectivity index (χ2n) is 9.28. The second-order valence-corrected chi connectivity index (χ2v) is 10.1. The van der Waals surface area contributed by atoms with Crippen LogP contribution in [0, 0.1) is 5.92 Å². The number of alkyl carbamates (subject to hydrolysis) is 1. The minimum absolute atomic E-state index is 0.0501. The van der Waals surface area contributed by atoms with Gasteiger partial charge in [-0.3, -0.25) is 9.89 Å². The third-order valence-electron chi connectivity index (χ3n) is 5.13. The summed E-state index contributed by atoms with van der Waals surface area (Å²) in [4.78, 5) is 19.0. The summed E-state index contributed by atoms with van der Waals surface area (Å²) < 4.78 is 5.39. The first kappa shape index (κ1) is 24.5. The Hall–Kier alpha value is -1.80. The SMILES string of the molecule is CN=C(NCC(NC(=O)OC(C)(C)C)C(C)C)NC1CCN(Cc2ccsc2)CC1. The molecule has 1 aliphatic rings. The molecule has 2 rings (SSSR count). The van der Waals surface area contributed by atoms with Gasteiger partial charge >= 0.3 is 6.09 Å². The van der Waals surface area contributed by atoms with E-state index in [4.69, 9.17) is 4.74 Å². The van der Waals surface area contributed by atoms with Crippen LogP contribution in [0.15, 0.2) is 21.8 Å². The number of carbonyl (C=O) groups is 1. The van der Waals surface area contributed by atoms with Gasteiger partial charge < -0.3 is 20.7 Å². The molecule has 0 saturated carbocycles. The van der Waals surface area contributed by atoms with Crippen molar-refractivity contribution in [3.63, 3.8) is 0 Å². The highest BCUT2D eigenvalue weighted by atomic mass is 32.1. The lowest BCUT2D eigenvalue weighted by Crippen LogP contribution is -2.53. The van der Waals surface area contributed by atoms with Crippen molar-refractivity contribution in [3.05, 3.63) is 22.4 Å². The second kappa shape index (κ2) is 11.6. The molecule has 1 aromatic heterocycles. The zero-order chi connectivity index (χ0) is 22.1. The number of guanidine groups is 1.